The Kier molecular flexibility index (Phi) is 27.2. The molecule has 0 saturated heterocycles. The van der Waals surface area contributed by atoms with Crippen LogP contribution in [0.1, 0.15) is 78.1 Å². The lowest BCUT2D eigenvalue weighted by molar-refractivity contribution is -0.123. The Morgan fingerprint density at radius 3 is 1.52 bits per heavy atom. The van der Waals surface area contributed by atoms with Crippen LogP contribution < -0.4 is 5.32 Å². The lowest BCUT2D eigenvalue weighted by Gasteiger charge is -2.02. The van der Waals surface area contributed by atoms with Crippen molar-refractivity contribution < 1.29 is 26.7 Å². The summed E-state index contributed by atoms with van der Waals surface area (Å²) < 4.78 is 33.0. The number of amides is 2. The highest BCUT2D eigenvalue weighted by Crippen LogP contribution is 2.10. The van der Waals surface area contributed by atoms with E-state index < -0.39 is 10.4 Å². The fourth-order valence-corrected chi connectivity index (χ4v) is 2.44. The number of unbranched alkanes of at least 4 members (excludes halogenated alkanes) is 9. The SMILES string of the molecule is C=CC.CCCCCCCCCCCCOS(=O)(=O)O.CN(C)C.O=C1C=CC(=O)N1. The summed E-state index contributed by atoms with van der Waals surface area (Å²) in [6.07, 6.45) is 16.0. The molecule has 0 unspecified atom stereocenters. The molecule has 184 valence electrons. The van der Waals surface area contributed by atoms with Crippen molar-refractivity contribution in [3.8, 4) is 0 Å². The molecule has 0 spiro atoms. The van der Waals surface area contributed by atoms with Crippen LogP contribution in [0, 0.1) is 0 Å². The predicted octanol–water partition coefficient (Wildman–Crippen LogP) is 4.30. The Morgan fingerprint density at radius 1 is 0.935 bits per heavy atom. The van der Waals surface area contributed by atoms with Gasteiger partial charge in [0.2, 0.25) is 0 Å². The van der Waals surface area contributed by atoms with Gasteiger partial charge in [-0.1, -0.05) is 70.8 Å². The van der Waals surface area contributed by atoms with Crippen molar-refractivity contribution in [1.82, 2.24) is 10.2 Å². The maximum absolute atomic E-state index is 10.2. The monoisotopic (exact) mass is 464 g/mol. The number of carbonyl (C=O) groups is 2. The topological polar surface area (TPSA) is 113 Å². The quantitative estimate of drug-likeness (QED) is 0.192. The molecule has 2 amide bonds. The van der Waals surface area contributed by atoms with Crippen molar-refractivity contribution in [2.75, 3.05) is 27.7 Å². The van der Waals surface area contributed by atoms with E-state index in [4.69, 9.17) is 4.55 Å². The van der Waals surface area contributed by atoms with E-state index in [1.54, 1.807) is 6.08 Å². The fraction of sp³-hybridized carbons (Fsp3) is 0.727. The van der Waals surface area contributed by atoms with Gasteiger partial charge in [0.05, 0.1) is 6.61 Å². The summed E-state index contributed by atoms with van der Waals surface area (Å²) in [5, 5.41) is 2.03. The van der Waals surface area contributed by atoms with E-state index in [-0.39, 0.29) is 18.4 Å². The Labute approximate surface area is 190 Å². The zero-order chi connectivity index (χ0) is 24.5. The van der Waals surface area contributed by atoms with Crippen molar-refractivity contribution >= 4 is 22.2 Å². The van der Waals surface area contributed by atoms with E-state index in [9.17, 15) is 18.0 Å². The average molecular weight is 465 g/mol. The molecule has 31 heavy (non-hydrogen) atoms. The molecule has 0 atom stereocenters. The van der Waals surface area contributed by atoms with Crippen LogP contribution in [0.2, 0.25) is 0 Å². The molecule has 1 rings (SSSR count). The first-order chi connectivity index (χ1) is 14.5. The number of carbonyl (C=O) groups excluding carboxylic acids is 2. The van der Waals surface area contributed by atoms with Crippen LogP contribution in [0.3, 0.4) is 0 Å². The van der Waals surface area contributed by atoms with Crippen LogP contribution in [0.5, 0.6) is 0 Å². The van der Waals surface area contributed by atoms with Gasteiger partial charge >= 0.3 is 10.4 Å². The van der Waals surface area contributed by atoms with E-state index in [1.165, 1.54) is 57.1 Å². The molecule has 1 aliphatic rings. The zero-order valence-electron chi connectivity index (χ0n) is 20.1. The summed E-state index contributed by atoms with van der Waals surface area (Å²) >= 11 is 0. The molecule has 2 N–H and O–H groups in total. The summed E-state index contributed by atoms with van der Waals surface area (Å²) in [5.41, 5.74) is 0. The molecule has 0 aromatic rings. The molecule has 0 aromatic carbocycles. The minimum atomic E-state index is -4.23. The summed E-state index contributed by atoms with van der Waals surface area (Å²) in [5.74, 6) is -0.657. The number of nitrogens with zero attached hydrogens (tertiary/aromatic N) is 1. The molecular formula is C22H44N2O6S. The van der Waals surface area contributed by atoms with Gasteiger partial charge in [0.15, 0.2) is 0 Å². The van der Waals surface area contributed by atoms with E-state index in [1.807, 2.05) is 38.3 Å². The van der Waals surface area contributed by atoms with E-state index >= 15 is 0 Å². The van der Waals surface area contributed by atoms with Gasteiger partial charge < -0.3 is 4.90 Å². The van der Waals surface area contributed by atoms with E-state index in [0.717, 1.165) is 12.8 Å². The molecule has 9 heteroatoms. The highest BCUT2D eigenvalue weighted by Gasteiger charge is 2.06. The van der Waals surface area contributed by atoms with Crippen LogP contribution in [0.15, 0.2) is 24.8 Å². The molecule has 0 aromatic heterocycles. The average Bonchev–Trinajstić information content (AvgIpc) is 3.02. The largest absolute Gasteiger partial charge is 0.397 e. The van der Waals surface area contributed by atoms with Gasteiger partial charge in [0.1, 0.15) is 0 Å². The Hall–Kier alpha value is -1.55. The van der Waals surface area contributed by atoms with E-state index in [0.29, 0.717) is 6.42 Å². The number of hydrogen-bond donors (Lipinski definition) is 2. The maximum Gasteiger partial charge on any atom is 0.397 e. The minimum absolute atomic E-state index is 0.0926. The second kappa shape index (κ2) is 24.7. The number of nitrogens with one attached hydrogen (secondary N) is 1. The van der Waals surface area contributed by atoms with Gasteiger partial charge in [-0.3, -0.25) is 19.5 Å². The van der Waals surface area contributed by atoms with Crippen molar-refractivity contribution in [1.29, 1.82) is 0 Å². The first kappa shape index (κ1) is 34.1. The molecule has 8 nitrogen and oxygen atoms in total. The van der Waals surface area contributed by atoms with Gasteiger partial charge in [0, 0.05) is 12.2 Å². The van der Waals surface area contributed by atoms with Crippen LogP contribution in [0.4, 0.5) is 0 Å². The van der Waals surface area contributed by atoms with Gasteiger partial charge in [-0.2, -0.15) is 8.42 Å². The first-order valence-electron chi connectivity index (χ1n) is 10.8. The van der Waals surface area contributed by atoms with Crippen molar-refractivity contribution in [2.24, 2.45) is 0 Å². The fourth-order valence-electron chi connectivity index (χ4n) is 2.11. The van der Waals surface area contributed by atoms with Crippen molar-refractivity contribution in [3.63, 3.8) is 0 Å². The van der Waals surface area contributed by atoms with Crippen molar-refractivity contribution in [2.45, 2.75) is 78.1 Å². The highest BCUT2D eigenvalue weighted by molar-refractivity contribution is 7.80. The van der Waals surface area contributed by atoms with Crippen LogP contribution in [-0.2, 0) is 24.2 Å². The zero-order valence-corrected chi connectivity index (χ0v) is 20.9. The third-order valence-corrected chi connectivity index (χ3v) is 3.83. The maximum atomic E-state index is 10.2. The Balaban J connectivity index is -0.000000453. The number of allylic oxidation sites excluding steroid dienone is 1. The Morgan fingerprint density at radius 2 is 1.26 bits per heavy atom. The molecule has 1 aliphatic heterocycles. The molecule has 0 fully saturated rings. The molecule has 1 heterocycles. The summed E-state index contributed by atoms with van der Waals surface area (Å²) in [7, 11) is 1.77. The van der Waals surface area contributed by atoms with Crippen molar-refractivity contribution in [3.05, 3.63) is 24.8 Å². The normalized spacial score (nSPS) is 12.1. The predicted molar refractivity (Wildman–Crippen MR) is 127 cm³/mol. The lowest BCUT2D eigenvalue weighted by Crippen LogP contribution is -2.19. The van der Waals surface area contributed by atoms with Gasteiger partial charge in [-0.05, 0) is 34.5 Å². The van der Waals surface area contributed by atoms with Crippen LogP contribution >= 0.6 is 0 Å². The standard InChI is InChI=1S/C12H26O4S.C4H3NO2.C3H9N.C3H6/c1-2-3-4-5-6-7-8-9-10-11-12-16-17(13,14)15;6-3-1-2-4(7)5-3;1-4(2)3;1-3-2/h2-12H2,1H3,(H,13,14,15);1-2H,(H,5,6,7);1-3H3;3H,1H2,2H3. The molecule has 0 saturated carbocycles. The van der Waals surface area contributed by atoms with Crippen LogP contribution in [0.25, 0.3) is 0 Å². The number of imide groups is 1. The molecule has 0 radical (unpaired) electrons. The molecular weight excluding hydrogens is 420 g/mol. The molecule has 0 bridgehead atoms. The van der Waals surface area contributed by atoms with Gasteiger partial charge in [0.25, 0.3) is 11.8 Å². The second-order valence-corrected chi connectivity index (χ2v) is 8.46. The van der Waals surface area contributed by atoms with Gasteiger partial charge in [-0.15, -0.1) is 6.58 Å². The van der Waals surface area contributed by atoms with Crippen LogP contribution in [-0.4, -0.2) is 57.4 Å². The summed E-state index contributed by atoms with van der Waals surface area (Å²) in [6.45, 7) is 7.56. The summed E-state index contributed by atoms with van der Waals surface area (Å²) in [4.78, 5) is 22.1. The first-order valence-corrected chi connectivity index (χ1v) is 12.2. The van der Waals surface area contributed by atoms with Gasteiger partial charge in [-0.25, -0.2) is 4.18 Å². The minimum Gasteiger partial charge on any atom is -0.312 e. The third-order valence-electron chi connectivity index (χ3n) is 3.36. The van der Waals surface area contributed by atoms with E-state index in [2.05, 4.69) is 17.7 Å². The summed E-state index contributed by atoms with van der Waals surface area (Å²) in [6, 6.07) is 0. The molecule has 0 aliphatic carbocycles. The lowest BCUT2D eigenvalue weighted by atomic mass is 10.1. The second-order valence-electron chi connectivity index (χ2n) is 7.37. The number of rotatable bonds is 12. The number of hydrogen-bond acceptors (Lipinski definition) is 6. The Bertz CT molecular complexity index is 556. The third kappa shape index (κ3) is 43.3. The smallest absolute Gasteiger partial charge is 0.312 e. The highest BCUT2D eigenvalue weighted by atomic mass is 32.3.